The first kappa shape index (κ1) is 12.2. The van der Waals surface area contributed by atoms with E-state index in [0.29, 0.717) is 0 Å². The van der Waals surface area contributed by atoms with Gasteiger partial charge in [0.15, 0.2) is 0 Å². The summed E-state index contributed by atoms with van der Waals surface area (Å²) in [5, 5.41) is 7.57. The minimum atomic E-state index is 0.250. The molecular weight excluding hydrogens is 160 g/mol. The predicted octanol–water partition coefficient (Wildman–Crippen LogP) is 2.81. The number of benzene rings is 1. The fraction of sp³-hybridized carbons (Fsp3) is 0.500. The summed E-state index contributed by atoms with van der Waals surface area (Å²) >= 11 is 0. The van der Waals surface area contributed by atoms with Crippen molar-refractivity contribution >= 4 is 0 Å². The van der Waals surface area contributed by atoms with Crippen LogP contribution >= 0.6 is 0 Å². The first-order chi connectivity index (χ1) is 6.28. The number of aliphatic hydroxyl groups is 1. The molecule has 0 bridgehead atoms. The molecule has 0 atom stereocenters. The van der Waals surface area contributed by atoms with Crippen LogP contribution in [0.5, 0.6) is 0 Å². The van der Waals surface area contributed by atoms with Crippen LogP contribution < -0.4 is 0 Å². The Labute approximate surface area is 81.4 Å². The molecule has 0 unspecified atom stereocenters. The fourth-order valence-corrected chi connectivity index (χ4v) is 1.01. The molecule has 0 spiro atoms. The minimum Gasteiger partial charge on any atom is -0.397 e. The topological polar surface area (TPSA) is 20.2 Å². The summed E-state index contributed by atoms with van der Waals surface area (Å²) in [6.45, 7) is 6.29. The van der Waals surface area contributed by atoms with E-state index in [4.69, 9.17) is 5.11 Å². The van der Waals surface area contributed by atoms with Gasteiger partial charge in [-0.15, -0.1) is 0 Å². The highest BCUT2D eigenvalue weighted by molar-refractivity contribution is 5.22. The van der Waals surface area contributed by atoms with Gasteiger partial charge >= 0.3 is 0 Å². The normalized spacial score (nSPS) is 8.92. The molecule has 0 heterocycles. The van der Waals surface area contributed by atoms with E-state index in [1.54, 1.807) is 6.92 Å². The van der Waals surface area contributed by atoms with E-state index in [9.17, 15) is 0 Å². The molecule has 1 nitrogen and oxygen atoms in total. The third-order valence-electron chi connectivity index (χ3n) is 1.84. The molecule has 0 saturated heterocycles. The van der Waals surface area contributed by atoms with Gasteiger partial charge < -0.3 is 5.11 Å². The van der Waals surface area contributed by atoms with E-state index in [-0.39, 0.29) is 6.61 Å². The van der Waals surface area contributed by atoms with Crippen molar-refractivity contribution in [3.8, 4) is 0 Å². The summed E-state index contributed by atoms with van der Waals surface area (Å²) < 4.78 is 0. The molecule has 0 aliphatic heterocycles. The number of hydrogen-bond donors (Lipinski definition) is 1. The summed E-state index contributed by atoms with van der Waals surface area (Å²) in [6, 6.07) is 8.83. The van der Waals surface area contributed by atoms with E-state index in [1.165, 1.54) is 11.1 Å². The lowest BCUT2D eigenvalue weighted by molar-refractivity contribution is 0.318. The Morgan fingerprint density at radius 1 is 0.846 bits per heavy atom. The largest absolute Gasteiger partial charge is 0.397 e. The monoisotopic (exact) mass is 180 g/mol. The Morgan fingerprint density at radius 3 is 1.23 bits per heavy atom. The third-order valence-corrected chi connectivity index (χ3v) is 1.84. The zero-order valence-electron chi connectivity index (χ0n) is 8.88. The van der Waals surface area contributed by atoms with Crippen molar-refractivity contribution in [1.82, 2.24) is 0 Å². The molecule has 0 aromatic heterocycles. The number of rotatable bonds is 2. The average Bonchev–Trinajstić information content (AvgIpc) is 2.19. The molecule has 0 amide bonds. The fourth-order valence-electron chi connectivity index (χ4n) is 1.01. The maximum Gasteiger partial charge on any atom is 0.0402 e. The SMILES string of the molecule is CCO.CCc1ccc(CC)cc1. The number of hydrogen-bond acceptors (Lipinski definition) is 1. The lowest BCUT2D eigenvalue weighted by Gasteiger charge is -1.97. The second kappa shape index (κ2) is 7.81. The van der Waals surface area contributed by atoms with Gasteiger partial charge in [0.25, 0.3) is 0 Å². The molecule has 0 radical (unpaired) electrons. The van der Waals surface area contributed by atoms with Crippen molar-refractivity contribution in [2.24, 2.45) is 0 Å². The van der Waals surface area contributed by atoms with E-state index in [0.717, 1.165) is 12.8 Å². The Balaban J connectivity index is 0.000000424. The van der Waals surface area contributed by atoms with Crippen LogP contribution in [0.1, 0.15) is 31.9 Å². The highest BCUT2D eigenvalue weighted by Gasteiger charge is 1.88. The molecule has 1 heteroatoms. The number of aliphatic hydroxyl groups excluding tert-OH is 1. The molecule has 1 N–H and O–H groups in total. The molecule has 13 heavy (non-hydrogen) atoms. The van der Waals surface area contributed by atoms with Gasteiger partial charge in [-0.05, 0) is 30.9 Å². The van der Waals surface area contributed by atoms with Crippen LogP contribution in [-0.2, 0) is 12.8 Å². The summed E-state index contributed by atoms with van der Waals surface area (Å²) in [4.78, 5) is 0. The highest BCUT2D eigenvalue weighted by atomic mass is 16.2. The van der Waals surface area contributed by atoms with Crippen molar-refractivity contribution in [2.45, 2.75) is 33.6 Å². The zero-order valence-corrected chi connectivity index (χ0v) is 8.88. The molecule has 0 saturated carbocycles. The molecule has 1 aromatic rings. The van der Waals surface area contributed by atoms with Crippen LogP contribution in [0.25, 0.3) is 0 Å². The van der Waals surface area contributed by atoms with Gasteiger partial charge in [-0.1, -0.05) is 38.1 Å². The highest BCUT2D eigenvalue weighted by Crippen LogP contribution is 2.04. The Bertz CT molecular complexity index is 178. The van der Waals surface area contributed by atoms with Crippen LogP contribution in [0, 0.1) is 0 Å². The predicted molar refractivity (Wildman–Crippen MR) is 58.0 cm³/mol. The summed E-state index contributed by atoms with van der Waals surface area (Å²) in [6.07, 6.45) is 2.29. The first-order valence-corrected chi connectivity index (χ1v) is 4.97. The van der Waals surface area contributed by atoms with Gasteiger partial charge in [0.2, 0.25) is 0 Å². The maximum atomic E-state index is 7.57. The van der Waals surface area contributed by atoms with Crippen LogP contribution in [0.3, 0.4) is 0 Å². The summed E-state index contributed by atoms with van der Waals surface area (Å²) in [7, 11) is 0. The van der Waals surface area contributed by atoms with E-state index >= 15 is 0 Å². The molecule has 0 fully saturated rings. The molecule has 1 rings (SSSR count). The van der Waals surface area contributed by atoms with E-state index < -0.39 is 0 Å². The maximum absolute atomic E-state index is 7.57. The van der Waals surface area contributed by atoms with Gasteiger partial charge in [0, 0.05) is 6.61 Å². The van der Waals surface area contributed by atoms with Crippen LogP contribution in [0.2, 0.25) is 0 Å². The average molecular weight is 180 g/mol. The quantitative estimate of drug-likeness (QED) is 0.742. The smallest absolute Gasteiger partial charge is 0.0402 e. The standard InChI is InChI=1S/C10H14.C2H6O/c1-3-9-5-7-10(4-2)8-6-9;1-2-3/h5-8H,3-4H2,1-2H3;3H,2H2,1H3. The minimum absolute atomic E-state index is 0.250. The lowest BCUT2D eigenvalue weighted by Crippen LogP contribution is -1.81. The lowest BCUT2D eigenvalue weighted by atomic mass is 10.1. The van der Waals surface area contributed by atoms with Gasteiger partial charge in [-0.25, -0.2) is 0 Å². The van der Waals surface area contributed by atoms with Gasteiger partial charge in [0.05, 0.1) is 0 Å². The van der Waals surface area contributed by atoms with Gasteiger partial charge in [-0.2, -0.15) is 0 Å². The van der Waals surface area contributed by atoms with Crippen molar-refractivity contribution in [1.29, 1.82) is 0 Å². The Kier molecular flexibility index (Phi) is 7.32. The summed E-state index contributed by atoms with van der Waals surface area (Å²) in [5.41, 5.74) is 2.86. The van der Waals surface area contributed by atoms with E-state index in [2.05, 4.69) is 38.1 Å². The van der Waals surface area contributed by atoms with E-state index in [1.807, 2.05) is 0 Å². The molecule has 0 aliphatic rings. The Hall–Kier alpha value is -0.820. The van der Waals surface area contributed by atoms with Crippen LogP contribution in [0.4, 0.5) is 0 Å². The first-order valence-electron chi connectivity index (χ1n) is 4.97. The van der Waals surface area contributed by atoms with Gasteiger partial charge in [0.1, 0.15) is 0 Å². The van der Waals surface area contributed by atoms with Gasteiger partial charge in [-0.3, -0.25) is 0 Å². The van der Waals surface area contributed by atoms with Crippen molar-refractivity contribution in [3.05, 3.63) is 35.4 Å². The van der Waals surface area contributed by atoms with Crippen molar-refractivity contribution < 1.29 is 5.11 Å². The van der Waals surface area contributed by atoms with Crippen LogP contribution in [0.15, 0.2) is 24.3 Å². The second-order valence-electron chi connectivity index (χ2n) is 2.84. The molecule has 1 aromatic carbocycles. The molecule has 0 aliphatic carbocycles. The summed E-state index contributed by atoms with van der Waals surface area (Å²) in [5.74, 6) is 0. The van der Waals surface area contributed by atoms with Crippen molar-refractivity contribution in [3.63, 3.8) is 0 Å². The number of aryl methyl sites for hydroxylation is 2. The molecular formula is C12H20O. The Morgan fingerprint density at radius 2 is 1.08 bits per heavy atom. The molecule has 74 valence electrons. The van der Waals surface area contributed by atoms with Crippen molar-refractivity contribution in [2.75, 3.05) is 6.61 Å². The zero-order chi connectivity index (χ0) is 10.1. The van der Waals surface area contributed by atoms with Crippen LogP contribution in [-0.4, -0.2) is 11.7 Å². The third kappa shape index (κ3) is 5.42. The second-order valence-corrected chi connectivity index (χ2v) is 2.84.